The van der Waals surface area contributed by atoms with Gasteiger partial charge in [-0.05, 0) is 23.8 Å². The molecule has 1 heterocycles. The predicted octanol–water partition coefficient (Wildman–Crippen LogP) is 1.78. The van der Waals surface area contributed by atoms with Crippen LogP contribution < -0.4 is 15.0 Å². The lowest BCUT2D eigenvalue weighted by Crippen LogP contribution is -2.34. The molecule has 1 aromatic rings. The Morgan fingerprint density at radius 1 is 1.38 bits per heavy atom. The Bertz CT molecular complexity index is 593. The molecule has 0 aromatic heterocycles. The molecule has 2 rings (SSSR count). The van der Waals surface area contributed by atoms with Gasteiger partial charge in [-0.25, -0.2) is 0 Å². The van der Waals surface area contributed by atoms with Crippen molar-refractivity contribution < 1.29 is 14.3 Å². The van der Waals surface area contributed by atoms with E-state index in [1.165, 1.54) is 12.0 Å². The highest BCUT2D eigenvalue weighted by Crippen LogP contribution is 2.32. The van der Waals surface area contributed by atoms with E-state index in [4.69, 9.17) is 4.74 Å². The number of nitrogens with one attached hydrogen (secondary N) is 1. The third kappa shape index (κ3) is 3.13. The van der Waals surface area contributed by atoms with E-state index in [1.807, 2.05) is 13.8 Å². The van der Waals surface area contributed by atoms with Gasteiger partial charge in [0, 0.05) is 19.1 Å². The Morgan fingerprint density at radius 3 is 2.71 bits per heavy atom. The van der Waals surface area contributed by atoms with Crippen molar-refractivity contribution in [1.82, 2.24) is 5.32 Å². The summed E-state index contributed by atoms with van der Waals surface area (Å²) in [6, 6.07) is 5.42. The van der Waals surface area contributed by atoms with E-state index in [0.29, 0.717) is 36.1 Å². The number of ether oxygens (including phenoxy) is 1. The maximum atomic E-state index is 12.1. The first kappa shape index (κ1) is 15.3. The number of hydrogen-bond donors (Lipinski definition) is 1. The highest BCUT2D eigenvalue weighted by atomic mass is 16.5. The van der Waals surface area contributed by atoms with Crippen molar-refractivity contribution in [2.45, 2.75) is 19.9 Å². The van der Waals surface area contributed by atoms with Crippen LogP contribution in [0.15, 0.2) is 30.4 Å². The van der Waals surface area contributed by atoms with Gasteiger partial charge in [0.1, 0.15) is 5.75 Å². The van der Waals surface area contributed by atoms with Gasteiger partial charge in [0.05, 0.1) is 18.4 Å². The summed E-state index contributed by atoms with van der Waals surface area (Å²) < 4.78 is 5.09. The van der Waals surface area contributed by atoms with Crippen LogP contribution in [0.4, 0.5) is 5.69 Å². The minimum absolute atomic E-state index is 0.337. The lowest BCUT2D eigenvalue weighted by molar-refractivity contribution is -0.114. The SMILES string of the molecule is C=C(CNC(C)C)CN1C(=O)C(=O)c2cc(OC)ccc21. The number of nitrogens with zero attached hydrogens (tertiary/aromatic N) is 1. The van der Waals surface area contributed by atoms with Gasteiger partial charge in [-0.15, -0.1) is 0 Å². The summed E-state index contributed by atoms with van der Waals surface area (Å²) in [5.41, 5.74) is 1.87. The Labute approximate surface area is 124 Å². The van der Waals surface area contributed by atoms with E-state index < -0.39 is 11.7 Å². The number of carbonyl (C=O) groups is 2. The fraction of sp³-hybridized carbons (Fsp3) is 0.375. The van der Waals surface area contributed by atoms with E-state index in [1.54, 1.807) is 18.2 Å². The first-order valence-electron chi connectivity index (χ1n) is 6.88. The molecule has 1 aliphatic rings. The number of hydrogen-bond acceptors (Lipinski definition) is 4. The smallest absolute Gasteiger partial charge is 0.299 e. The summed E-state index contributed by atoms with van der Waals surface area (Å²) in [5.74, 6) is -0.436. The second-order valence-corrected chi connectivity index (χ2v) is 5.39. The molecule has 0 bridgehead atoms. The Hall–Kier alpha value is -2.14. The van der Waals surface area contributed by atoms with Crippen molar-refractivity contribution in [2.75, 3.05) is 25.1 Å². The number of ketones is 1. The molecule has 1 N–H and O–H groups in total. The average Bonchev–Trinajstić information content (AvgIpc) is 2.70. The molecule has 0 atom stereocenters. The Kier molecular flexibility index (Phi) is 4.43. The molecule has 0 radical (unpaired) electrons. The fourth-order valence-corrected chi connectivity index (χ4v) is 2.19. The van der Waals surface area contributed by atoms with Gasteiger partial charge in [0.15, 0.2) is 0 Å². The Morgan fingerprint density at radius 2 is 2.10 bits per heavy atom. The number of fused-ring (bicyclic) bond motifs is 1. The zero-order valence-corrected chi connectivity index (χ0v) is 12.6. The monoisotopic (exact) mass is 288 g/mol. The van der Waals surface area contributed by atoms with Gasteiger partial charge in [-0.3, -0.25) is 9.59 Å². The van der Waals surface area contributed by atoms with Crippen LogP contribution >= 0.6 is 0 Å². The maximum Gasteiger partial charge on any atom is 0.299 e. The van der Waals surface area contributed by atoms with Gasteiger partial charge in [0.2, 0.25) is 0 Å². The molecule has 1 aromatic carbocycles. The lowest BCUT2D eigenvalue weighted by atomic mass is 10.1. The second-order valence-electron chi connectivity index (χ2n) is 5.39. The highest BCUT2D eigenvalue weighted by Gasteiger charge is 2.36. The lowest BCUT2D eigenvalue weighted by Gasteiger charge is -2.19. The summed E-state index contributed by atoms with van der Waals surface area (Å²) in [4.78, 5) is 25.6. The topological polar surface area (TPSA) is 58.6 Å². The highest BCUT2D eigenvalue weighted by molar-refractivity contribution is 6.52. The molecular formula is C16H20N2O3. The average molecular weight is 288 g/mol. The van der Waals surface area contributed by atoms with Crippen LogP contribution in [0.3, 0.4) is 0 Å². The largest absolute Gasteiger partial charge is 0.497 e. The summed E-state index contributed by atoms with van der Waals surface area (Å²) in [5, 5.41) is 3.25. The molecule has 0 spiro atoms. The number of anilines is 1. The number of rotatable bonds is 6. The molecule has 1 aliphatic heterocycles. The van der Waals surface area contributed by atoms with Crippen molar-refractivity contribution >= 4 is 17.4 Å². The molecule has 1 amide bonds. The van der Waals surface area contributed by atoms with Crippen molar-refractivity contribution in [1.29, 1.82) is 0 Å². The standard InChI is InChI=1S/C16H20N2O3/c1-10(2)17-8-11(3)9-18-14-6-5-12(21-4)7-13(14)15(19)16(18)20/h5-7,10,17H,3,8-9H2,1-2,4H3. The van der Waals surface area contributed by atoms with E-state index >= 15 is 0 Å². The number of amides is 1. The van der Waals surface area contributed by atoms with Crippen LogP contribution in [0.25, 0.3) is 0 Å². The molecular weight excluding hydrogens is 268 g/mol. The quantitative estimate of drug-likeness (QED) is 0.640. The zero-order chi connectivity index (χ0) is 15.6. The van der Waals surface area contributed by atoms with Crippen LogP contribution in [-0.4, -0.2) is 37.9 Å². The van der Waals surface area contributed by atoms with Crippen LogP contribution in [0.1, 0.15) is 24.2 Å². The minimum atomic E-state index is -0.510. The van der Waals surface area contributed by atoms with Crippen molar-refractivity contribution in [3.05, 3.63) is 35.9 Å². The number of methoxy groups -OCH3 is 1. The van der Waals surface area contributed by atoms with Crippen molar-refractivity contribution in [3.63, 3.8) is 0 Å². The summed E-state index contributed by atoms with van der Waals surface area (Å²) in [6.45, 7) is 9.00. The van der Waals surface area contributed by atoms with Crippen molar-refractivity contribution in [2.24, 2.45) is 0 Å². The normalized spacial score (nSPS) is 13.8. The Balaban J connectivity index is 2.17. The molecule has 21 heavy (non-hydrogen) atoms. The van der Waals surface area contributed by atoms with Gasteiger partial charge >= 0.3 is 0 Å². The molecule has 0 aliphatic carbocycles. The van der Waals surface area contributed by atoms with Gasteiger partial charge in [-0.1, -0.05) is 20.4 Å². The fourth-order valence-electron chi connectivity index (χ4n) is 2.19. The van der Waals surface area contributed by atoms with E-state index in [2.05, 4.69) is 11.9 Å². The summed E-state index contributed by atoms with van der Waals surface area (Å²) in [7, 11) is 1.53. The van der Waals surface area contributed by atoms with E-state index in [9.17, 15) is 9.59 Å². The maximum absolute atomic E-state index is 12.1. The van der Waals surface area contributed by atoms with E-state index in [0.717, 1.165) is 5.57 Å². The summed E-state index contributed by atoms with van der Waals surface area (Å²) in [6.07, 6.45) is 0. The third-order valence-electron chi connectivity index (χ3n) is 3.32. The molecule has 0 fully saturated rings. The summed E-state index contributed by atoms with van der Waals surface area (Å²) >= 11 is 0. The van der Waals surface area contributed by atoms with Crippen LogP contribution in [-0.2, 0) is 4.79 Å². The molecule has 0 unspecified atom stereocenters. The third-order valence-corrected chi connectivity index (χ3v) is 3.32. The minimum Gasteiger partial charge on any atom is -0.497 e. The first-order chi connectivity index (χ1) is 9.93. The number of carbonyl (C=O) groups excluding carboxylic acids is 2. The van der Waals surface area contributed by atoms with Gasteiger partial charge in [0.25, 0.3) is 11.7 Å². The molecule has 5 nitrogen and oxygen atoms in total. The molecule has 5 heteroatoms. The van der Waals surface area contributed by atoms with Gasteiger partial charge < -0.3 is 15.0 Å². The number of benzene rings is 1. The molecule has 0 saturated carbocycles. The van der Waals surface area contributed by atoms with E-state index in [-0.39, 0.29) is 0 Å². The molecule has 0 saturated heterocycles. The van der Waals surface area contributed by atoms with Crippen molar-refractivity contribution in [3.8, 4) is 5.75 Å². The van der Waals surface area contributed by atoms with Crippen LogP contribution in [0.5, 0.6) is 5.75 Å². The van der Waals surface area contributed by atoms with Gasteiger partial charge in [-0.2, -0.15) is 0 Å². The zero-order valence-electron chi connectivity index (χ0n) is 12.6. The molecule has 112 valence electrons. The number of Topliss-reactive ketones (excluding diaryl/α,β-unsaturated/α-hetero) is 1. The first-order valence-corrected chi connectivity index (χ1v) is 6.88. The predicted molar refractivity (Wildman–Crippen MR) is 82.0 cm³/mol. The van der Waals surface area contributed by atoms with Crippen LogP contribution in [0.2, 0.25) is 0 Å². The van der Waals surface area contributed by atoms with Crippen LogP contribution in [0, 0.1) is 0 Å². The second kappa shape index (κ2) is 6.10.